The Hall–Kier alpha value is -3.03. The molecule has 0 unspecified atom stereocenters. The summed E-state index contributed by atoms with van der Waals surface area (Å²) >= 11 is 0. The normalized spacial score (nSPS) is 19.7. The van der Waals surface area contributed by atoms with Gasteiger partial charge in [-0.25, -0.2) is 0 Å². The predicted molar refractivity (Wildman–Crippen MR) is 132 cm³/mol. The standard InChI is InChI=1S/C27H32F3N3O2/c1-3-18(2)21-9-5-6-10-23(21)33-17-19(15-25(33)34)26(35)31-22-16-20(27(28,29)30)11-12-24(22)32-13-7-4-8-14-32/h5-6,9-12,16,18-19H,3-4,7-8,13-15,17H2,1-2H3,(H,31,35)/t18-,19-/m1/s1. The van der Waals surface area contributed by atoms with Crippen LogP contribution in [0.2, 0.25) is 0 Å². The zero-order valence-corrected chi connectivity index (χ0v) is 20.2. The number of nitrogens with one attached hydrogen (secondary N) is 1. The summed E-state index contributed by atoms with van der Waals surface area (Å²) in [6.45, 7) is 5.85. The maximum absolute atomic E-state index is 13.4. The van der Waals surface area contributed by atoms with Crippen molar-refractivity contribution in [3.8, 4) is 0 Å². The smallest absolute Gasteiger partial charge is 0.370 e. The minimum Gasteiger partial charge on any atom is -0.370 e. The molecule has 8 heteroatoms. The van der Waals surface area contributed by atoms with Crippen molar-refractivity contribution in [1.29, 1.82) is 0 Å². The van der Waals surface area contributed by atoms with E-state index in [4.69, 9.17) is 0 Å². The van der Waals surface area contributed by atoms with E-state index < -0.39 is 23.6 Å². The summed E-state index contributed by atoms with van der Waals surface area (Å²) in [4.78, 5) is 29.8. The first-order valence-electron chi connectivity index (χ1n) is 12.4. The fourth-order valence-corrected chi connectivity index (χ4v) is 4.94. The quantitative estimate of drug-likeness (QED) is 0.528. The highest BCUT2D eigenvalue weighted by Crippen LogP contribution is 2.38. The van der Waals surface area contributed by atoms with Gasteiger partial charge in [0, 0.05) is 31.7 Å². The molecule has 2 amide bonds. The van der Waals surface area contributed by atoms with Gasteiger partial charge in [-0.15, -0.1) is 0 Å². The van der Waals surface area contributed by atoms with Crippen molar-refractivity contribution >= 4 is 28.9 Å². The number of rotatable bonds is 6. The summed E-state index contributed by atoms with van der Waals surface area (Å²) in [6.07, 6.45) is -0.584. The molecule has 2 aromatic rings. The Morgan fingerprint density at radius 3 is 2.49 bits per heavy atom. The number of piperidine rings is 1. The van der Waals surface area contributed by atoms with Crippen LogP contribution in [0.25, 0.3) is 0 Å². The van der Waals surface area contributed by atoms with Crippen molar-refractivity contribution in [2.45, 2.75) is 58.0 Å². The number of hydrogen-bond acceptors (Lipinski definition) is 3. The maximum atomic E-state index is 13.4. The molecule has 0 aromatic heterocycles. The van der Waals surface area contributed by atoms with Gasteiger partial charge in [0.25, 0.3) is 0 Å². The average Bonchev–Trinajstić information content (AvgIpc) is 3.25. The van der Waals surface area contributed by atoms with Gasteiger partial charge < -0.3 is 15.1 Å². The summed E-state index contributed by atoms with van der Waals surface area (Å²) < 4.78 is 40.3. The van der Waals surface area contributed by atoms with Gasteiger partial charge in [0.1, 0.15) is 0 Å². The minimum atomic E-state index is -4.51. The molecule has 35 heavy (non-hydrogen) atoms. The van der Waals surface area contributed by atoms with E-state index in [2.05, 4.69) is 19.2 Å². The van der Waals surface area contributed by atoms with E-state index in [0.29, 0.717) is 5.69 Å². The number of nitrogens with zero attached hydrogens (tertiary/aromatic N) is 2. The second kappa shape index (κ2) is 10.3. The molecule has 2 fully saturated rings. The van der Waals surface area contributed by atoms with Crippen LogP contribution < -0.4 is 15.1 Å². The van der Waals surface area contributed by atoms with Crippen LogP contribution in [0.4, 0.5) is 30.2 Å². The zero-order chi connectivity index (χ0) is 25.2. The highest BCUT2D eigenvalue weighted by atomic mass is 19.4. The van der Waals surface area contributed by atoms with Crippen molar-refractivity contribution in [3.63, 3.8) is 0 Å². The molecule has 1 N–H and O–H groups in total. The fraction of sp³-hybridized carbons (Fsp3) is 0.481. The molecule has 0 aliphatic carbocycles. The highest BCUT2D eigenvalue weighted by molar-refractivity contribution is 6.04. The van der Waals surface area contributed by atoms with Crippen LogP contribution in [-0.4, -0.2) is 31.4 Å². The third-order valence-electron chi connectivity index (χ3n) is 7.15. The Balaban J connectivity index is 1.57. The number of halogens is 3. The lowest BCUT2D eigenvalue weighted by Crippen LogP contribution is -2.32. The van der Waals surface area contributed by atoms with Crippen LogP contribution in [0.5, 0.6) is 0 Å². The van der Waals surface area contributed by atoms with Gasteiger partial charge >= 0.3 is 6.18 Å². The maximum Gasteiger partial charge on any atom is 0.416 e. The van der Waals surface area contributed by atoms with Gasteiger partial charge in [-0.3, -0.25) is 9.59 Å². The SMILES string of the molecule is CC[C@@H](C)c1ccccc1N1C[C@H](C(=O)Nc2cc(C(F)(F)F)ccc2N2CCCCC2)CC1=O. The molecule has 0 radical (unpaired) electrons. The lowest BCUT2D eigenvalue weighted by molar-refractivity contribution is -0.137. The highest BCUT2D eigenvalue weighted by Gasteiger charge is 2.37. The second-order valence-corrected chi connectivity index (χ2v) is 9.54. The van der Waals surface area contributed by atoms with Gasteiger partial charge in [0.2, 0.25) is 11.8 Å². The largest absolute Gasteiger partial charge is 0.416 e. The molecule has 2 heterocycles. The van der Waals surface area contributed by atoms with Gasteiger partial charge in [0.05, 0.1) is 22.9 Å². The molecule has 0 saturated carbocycles. The topological polar surface area (TPSA) is 52.7 Å². The number of hydrogen-bond donors (Lipinski definition) is 1. The molecule has 4 rings (SSSR count). The van der Waals surface area contributed by atoms with Gasteiger partial charge in [-0.1, -0.05) is 32.0 Å². The first-order valence-corrected chi connectivity index (χ1v) is 12.4. The molecule has 2 atom stereocenters. The molecule has 2 aromatic carbocycles. The van der Waals surface area contributed by atoms with Crippen molar-refractivity contribution in [3.05, 3.63) is 53.6 Å². The average molecular weight is 488 g/mol. The van der Waals surface area contributed by atoms with Crippen molar-refractivity contribution in [2.75, 3.05) is 34.8 Å². The molecular weight excluding hydrogens is 455 g/mol. The van der Waals surface area contributed by atoms with Crippen molar-refractivity contribution in [2.24, 2.45) is 5.92 Å². The van der Waals surface area contributed by atoms with Gasteiger partial charge in [-0.2, -0.15) is 13.2 Å². The molecule has 2 aliphatic rings. The van der Waals surface area contributed by atoms with Crippen molar-refractivity contribution < 1.29 is 22.8 Å². The van der Waals surface area contributed by atoms with E-state index >= 15 is 0 Å². The molecule has 188 valence electrons. The lowest BCUT2D eigenvalue weighted by Gasteiger charge is -2.31. The fourth-order valence-electron chi connectivity index (χ4n) is 4.94. The summed E-state index contributed by atoms with van der Waals surface area (Å²) in [5.74, 6) is -0.971. The molecule has 0 bridgehead atoms. The van der Waals surface area contributed by atoms with E-state index in [0.717, 1.165) is 62.2 Å². The van der Waals surface area contributed by atoms with Crippen LogP contribution in [0, 0.1) is 5.92 Å². The first kappa shape index (κ1) is 25.1. The number of anilines is 3. The number of alkyl halides is 3. The second-order valence-electron chi connectivity index (χ2n) is 9.54. The van der Waals surface area contributed by atoms with E-state index in [1.54, 1.807) is 4.90 Å². The lowest BCUT2D eigenvalue weighted by atomic mass is 9.96. The van der Waals surface area contributed by atoms with Crippen LogP contribution in [-0.2, 0) is 15.8 Å². The van der Waals surface area contributed by atoms with Crippen LogP contribution in [0.3, 0.4) is 0 Å². The Bertz CT molecular complexity index is 1080. The molecule has 2 saturated heterocycles. The Labute approximate surface area is 204 Å². The summed E-state index contributed by atoms with van der Waals surface area (Å²) in [5.41, 5.74) is 1.79. The number of amides is 2. The third kappa shape index (κ3) is 5.46. The number of para-hydroxylation sites is 1. The van der Waals surface area contributed by atoms with Gasteiger partial charge in [0.15, 0.2) is 0 Å². The third-order valence-corrected chi connectivity index (χ3v) is 7.15. The van der Waals surface area contributed by atoms with Crippen LogP contribution in [0.1, 0.15) is 63.0 Å². The minimum absolute atomic E-state index is 0.0265. The summed E-state index contributed by atoms with van der Waals surface area (Å²) in [5, 5.41) is 2.74. The first-order chi connectivity index (χ1) is 16.7. The van der Waals surface area contributed by atoms with Gasteiger partial charge in [-0.05, 0) is 61.4 Å². The number of benzene rings is 2. The van der Waals surface area contributed by atoms with E-state index in [1.165, 1.54) is 6.07 Å². The predicted octanol–water partition coefficient (Wildman–Crippen LogP) is 6.20. The number of carbonyl (C=O) groups excluding carboxylic acids is 2. The molecule has 0 spiro atoms. The zero-order valence-electron chi connectivity index (χ0n) is 20.2. The summed E-state index contributed by atoms with van der Waals surface area (Å²) in [7, 11) is 0. The Kier molecular flexibility index (Phi) is 7.38. The number of carbonyl (C=O) groups is 2. The van der Waals surface area contributed by atoms with Crippen LogP contribution >= 0.6 is 0 Å². The van der Waals surface area contributed by atoms with E-state index in [9.17, 15) is 22.8 Å². The Morgan fingerprint density at radius 1 is 1.09 bits per heavy atom. The van der Waals surface area contributed by atoms with E-state index in [1.807, 2.05) is 29.2 Å². The molecule has 2 aliphatic heterocycles. The Morgan fingerprint density at radius 2 is 1.80 bits per heavy atom. The summed E-state index contributed by atoms with van der Waals surface area (Å²) in [6, 6.07) is 11.2. The monoisotopic (exact) mass is 487 g/mol. The van der Waals surface area contributed by atoms with E-state index in [-0.39, 0.29) is 30.5 Å². The van der Waals surface area contributed by atoms with Crippen molar-refractivity contribution in [1.82, 2.24) is 0 Å². The van der Waals surface area contributed by atoms with Crippen LogP contribution in [0.15, 0.2) is 42.5 Å². The molecular formula is C27H32F3N3O2. The molecule has 5 nitrogen and oxygen atoms in total.